The van der Waals surface area contributed by atoms with Crippen LogP contribution in [-0.2, 0) is 16.0 Å². The molecule has 0 aliphatic rings. The van der Waals surface area contributed by atoms with Crippen LogP contribution in [0.25, 0.3) is 0 Å². The van der Waals surface area contributed by atoms with Gasteiger partial charge < -0.3 is 14.9 Å². The van der Waals surface area contributed by atoms with Crippen LogP contribution in [0.3, 0.4) is 0 Å². The number of methoxy groups -OCH3 is 1. The van der Waals surface area contributed by atoms with E-state index in [1.165, 1.54) is 13.2 Å². The van der Waals surface area contributed by atoms with Gasteiger partial charge in [0.05, 0.1) is 0 Å². The van der Waals surface area contributed by atoms with Crippen LogP contribution >= 0.6 is 0 Å². The van der Waals surface area contributed by atoms with Crippen LogP contribution in [-0.4, -0.2) is 29.4 Å². The fourth-order valence-corrected chi connectivity index (χ4v) is 1.15. The van der Waals surface area contributed by atoms with E-state index in [0.29, 0.717) is 5.56 Å². The van der Waals surface area contributed by atoms with E-state index in [9.17, 15) is 9.90 Å². The maximum Gasteiger partial charge on any atom is 0.333 e. The van der Waals surface area contributed by atoms with Crippen LogP contribution in [0.2, 0.25) is 0 Å². The zero-order chi connectivity index (χ0) is 10.6. The summed E-state index contributed by atoms with van der Waals surface area (Å²) in [5, 5.41) is 18.1. The zero-order valence-electron chi connectivity index (χ0n) is 7.80. The Hall–Kier alpha value is -1.55. The van der Waals surface area contributed by atoms with Crippen molar-refractivity contribution < 1.29 is 19.7 Å². The predicted octanol–water partition coefficient (Wildman–Crippen LogP) is 1.03. The van der Waals surface area contributed by atoms with Gasteiger partial charge in [-0.15, -0.1) is 0 Å². The smallest absolute Gasteiger partial charge is 0.333 e. The number of rotatable bonds is 4. The predicted molar refractivity (Wildman–Crippen MR) is 50.2 cm³/mol. The van der Waals surface area contributed by atoms with Crippen LogP contribution < -0.4 is 0 Å². The fraction of sp³-hybridized carbons (Fsp3) is 0.300. The van der Waals surface area contributed by atoms with E-state index in [1.54, 1.807) is 18.2 Å². The number of hydrogen-bond donors (Lipinski definition) is 2. The van der Waals surface area contributed by atoms with Crippen LogP contribution in [0.1, 0.15) is 5.56 Å². The van der Waals surface area contributed by atoms with Gasteiger partial charge in [0, 0.05) is 13.5 Å². The van der Waals surface area contributed by atoms with Gasteiger partial charge in [-0.05, 0) is 11.6 Å². The summed E-state index contributed by atoms with van der Waals surface area (Å²) in [4.78, 5) is 10.6. The van der Waals surface area contributed by atoms with Gasteiger partial charge in [0.15, 0.2) is 6.10 Å². The van der Waals surface area contributed by atoms with Crippen molar-refractivity contribution in [1.29, 1.82) is 0 Å². The van der Waals surface area contributed by atoms with Gasteiger partial charge in [-0.25, -0.2) is 4.79 Å². The molecule has 14 heavy (non-hydrogen) atoms. The molecule has 0 aliphatic heterocycles. The van der Waals surface area contributed by atoms with E-state index in [2.05, 4.69) is 0 Å². The van der Waals surface area contributed by atoms with Crippen LogP contribution in [0, 0.1) is 0 Å². The van der Waals surface area contributed by atoms with Crippen molar-refractivity contribution in [3.05, 3.63) is 29.8 Å². The number of carboxylic acid groups (broad SMARTS) is 1. The molecule has 0 radical (unpaired) electrons. The Morgan fingerprint density at radius 2 is 2.14 bits per heavy atom. The van der Waals surface area contributed by atoms with E-state index < -0.39 is 12.1 Å². The maximum atomic E-state index is 10.6. The molecular formula is C10H12O4. The SMILES string of the molecule is COC(Cc1ccccc1O)C(=O)O. The highest BCUT2D eigenvalue weighted by Gasteiger charge is 2.18. The second kappa shape index (κ2) is 4.62. The quantitative estimate of drug-likeness (QED) is 0.754. The Kier molecular flexibility index (Phi) is 3.48. The first-order chi connectivity index (χ1) is 6.65. The van der Waals surface area contributed by atoms with Gasteiger partial charge in [0.25, 0.3) is 0 Å². The minimum absolute atomic E-state index is 0.0933. The number of phenols is 1. The highest BCUT2D eigenvalue weighted by Crippen LogP contribution is 2.18. The Balaban J connectivity index is 2.77. The molecule has 1 unspecified atom stereocenters. The number of benzene rings is 1. The van der Waals surface area contributed by atoms with Gasteiger partial charge in [-0.3, -0.25) is 0 Å². The second-order valence-corrected chi connectivity index (χ2v) is 2.90. The third kappa shape index (κ3) is 2.47. The molecule has 0 fully saturated rings. The third-order valence-corrected chi connectivity index (χ3v) is 1.96. The van der Waals surface area contributed by atoms with Crippen molar-refractivity contribution in [2.75, 3.05) is 7.11 Å². The molecule has 4 nitrogen and oxygen atoms in total. The number of aliphatic carboxylic acids is 1. The van der Waals surface area contributed by atoms with Crippen LogP contribution in [0.5, 0.6) is 5.75 Å². The van der Waals surface area contributed by atoms with Gasteiger partial charge in [0.1, 0.15) is 5.75 Å². The maximum absolute atomic E-state index is 10.6. The van der Waals surface area contributed by atoms with E-state index in [-0.39, 0.29) is 12.2 Å². The molecule has 76 valence electrons. The van der Waals surface area contributed by atoms with Gasteiger partial charge >= 0.3 is 5.97 Å². The fourth-order valence-electron chi connectivity index (χ4n) is 1.15. The van der Waals surface area contributed by atoms with Crippen LogP contribution in [0.15, 0.2) is 24.3 Å². The second-order valence-electron chi connectivity index (χ2n) is 2.90. The average Bonchev–Trinajstić information content (AvgIpc) is 2.16. The van der Waals surface area contributed by atoms with Crippen molar-refractivity contribution >= 4 is 5.97 Å². The summed E-state index contributed by atoms with van der Waals surface area (Å²) in [6.07, 6.45) is -0.748. The zero-order valence-corrected chi connectivity index (χ0v) is 7.80. The first-order valence-corrected chi connectivity index (χ1v) is 4.17. The standard InChI is InChI=1S/C10H12O4/c1-14-9(10(12)13)6-7-4-2-3-5-8(7)11/h2-5,9,11H,6H2,1H3,(H,12,13). The monoisotopic (exact) mass is 196 g/mol. The first kappa shape index (κ1) is 10.5. The van der Waals surface area contributed by atoms with Gasteiger partial charge in [0.2, 0.25) is 0 Å². The largest absolute Gasteiger partial charge is 0.508 e. The van der Waals surface area contributed by atoms with Crippen molar-refractivity contribution in [2.24, 2.45) is 0 Å². The van der Waals surface area contributed by atoms with E-state index in [1.807, 2.05) is 0 Å². The highest BCUT2D eigenvalue weighted by molar-refractivity contribution is 5.72. The minimum Gasteiger partial charge on any atom is -0.508 e. The summed E-state index contributed by atoms with van der Waals surface area (Å²) >= 11 is 0. The summed E-state index contributed by atoms with van der Waals surface area (Å²) in [5.41, 5.74) is 0.571. The molecule has 0 amide bonds. The van der Waals surface area contributed by atoms with Crippen molar-refractivity contribution in [3.8, 4) is 5.75 Å². The Morgan fingerprint density at radius 1 is 1.50 bits per heavy atom. The third-order valence-electron chi connectivity index (χ3n) is 1.96. The van der Waals surface area contributed by atoms with Crippen LogP contribution in [0.4, 0.5) is 0 Å². The molecular weight excluding hydrogens is 184 g/mol. The number of para-hydroxylation sites is 1. The van der Waals surface area contributed by atoms with Gasteiger partial charge in [-0.2, -0.15) is 0 Å². The number of hydrogen-bond acceptors (Lipinski definition) is 3. The Bertz CT molecular complexity index is 322. The summed E-state index contributed by atoms with van der Waals surface area (Å²) in [6.45, 7) is 0. The van der Waals surface area contributed by atoms with E-state index >= 15 is 0 Å². The lowest BCUT2D eigenvalue weighted by atomic mass is 10.1. The summed E-state index contributed by atoms with van der Waals surface area (Å²) in [7, 11) is 1.33. The minimum atomic E-state index is -1.03. The number of aromatic hydroxyl groups is 1. The molecule has 1 atom stereocenters. The summed E-state index contributed by atoms with van der Waals surface area (Å²) in [6, 6.07) is 6.61. The van der Waals surface area contributed by atoms with E-state index in [4.69, 9.17) is 9.84 Å². The highest BCUT2D eigenvalue weighted by atomic mass is 16.5. The number of ether oxygens (including phenoxy) is 1. The van der Waals surface area contributed by atoms with Crippen molar-refractivity contribution in [1.82, 2.24) is 0 Å². The van der Waals surface area contributed by atoms with E-state index in [0.717, 1.165) is 0 Å². The molecule has 0 saturated carbocycles. The molecule has 2 N–H and O–H groups in total. The lowest BCUT2D eigenvalue weighted by Crippen LogP contribution is -2.24. The molecule has 4 heteroatoms. The lowest BCUT2D eigenvalue weighted by molar-refractivity contribution is -0.148. The molecule has 0 aromatic heterocycles. The molecule has 1 rings (SSSR count). The summed E-state index contributed by atoms with van der Waals surface area (Å²) in [5.74, 6) is -0.938. The lowest BCUT2D eigenvalue weighted by Gasteiger charge is -2.10. The normalized spacial score (nSPS) is 12.4. The van der Waals surface area contributed by atoms with Crippen molar-refractivity contribution in [3.63, 3.8) is 0 Å². The number of carboxylic acids is 1. The molecule has 0 bridgehead atoms. The number of phenolic OH excluding ortho intramolecular Hbond substituents is 1. The topological polar surface area (TPSA) is 66.8 Å². The molecule has 0 saturated heterocycles. The van der Waals surface area contributed by atoms with Crippen molar-refractivity contribution in [2.45, 2.75) is 12.5 Å². The number of carbonyl (C=O) groups is 1. The molecule has 0 aliphatic carbocycles. The molecule has 0 heterocycles. The summed E-state index contributed by atoms with van der Waals surface area (Å²) < 4.78 is 4.76. The van der Waals surface area contributed by atoms with Gasteiger partial charge in [-0.1, -0.05) is 18.2 Å². The molecule has 0 spiro atoms. The Morgan fingerprint density at radius 3 is 2.64 bits per heavy atom. The average molecular weight is 196 g/mol. The first-order valence-electron chi connectivity index (χ1n) is 4.17. The Labute approximate surface area is 81.8 Å². The molecule has 1 aromatic carbocycles. The molecule has 1 aromatic rings.